The van der Waals surface area contributed by atoms with Gasteiger partial charge in [0.05, 0.1) is 33.7 Å². The Kier molecular flexibility index (Phi) is 16.3. The van der Waals surface area contributed by atoms with Gasteiger partial charge in [-0.25, -0.2) is 4.98 Å². The number of aromatic amines is 1. The second kappa shape index (κ2) is 20.4. The Morgan fingerprint density at radius 1 is 0.778 bits per heavy atom. The lowest BCUT2D eigenvalue weighted by molar-refractivity contribution is -0.294. The van der Waals surface area contributed by atoms with E-state index in [1.807, 2.05) is 36.4 Å². The molecule has 63 heavy (non-hydrogen) atoms. The van der Waals surface area contributed by atoms with Crippen LogP contribution in [-0.4, -0.2) is 100 Å². The fraction of sp³-hybridized carbons (Fsp3) is 0.596. The van der Waals surface area contributed by atoms with E-state index in [1.54, 1.807) is 102 Å². The SMILES string of the molecule is C[C@@H](CO)NC(=O)C/C=C/c1ccc(CCc2ccnc3[nH]nc(O[C@@H]4O[C@H](COC(=O)C(C)(C)C)[C@@H](OC(=O)C(C)(C)C)[C@H](OC(=O)C(C)(C)C)[C@H]4OC(=O)C(C)(C)C)c23)cc1. The predicted molar refractivity (Wildman–Crippen MR) is 234 cm³/mol. The van der Waals surface area contributed by atoms with Crippen molar-refractivity contribution in [2.75, 3.05) is 13.2 Å². The number of amides is 1. The standard InChI is InChI=1S/C47H66N4O12/c1-27(25-52)49-32(53)16-14-15-28-17-19-29(20-18-28)21-22-30-23-24-48-37-33(30)38(51-50-37)63-39-36(62-43(57)47(11,12)13)35(61-42(56)46(8,9)10)34(60-41(55)45(5,6)7)31(59-39)26-58-40(54)44(2,3)4/h14-15,17-20,23-24,27,31,34-36,39,52H,16,21-22,25-26H2,1-13H3,(H,49,53)(H,48,50,51)/b15-14+/t27-,31+,34+,35-,36+,39-/m0/s1. The van der Waals surface area contributed by atoms with Crippen LogP contribution in [0.5, 0.6) is 5.88 Å². The van der Waals surface area contributed by atoms with Gasteiger partial charge in [0.15, 0.2) is 17.9 Å². The van der Waals surface area contributed by atoms with Gasteiger partial charge in [-0.2, -0.15) is 0 Å². The van der Waals surface area contributed by atoms with Gasteiger partial charge in [0.2, 0.25) is 24.2 Å². The highest BCUT2D eigenvalue weighted by molar-refractivity contribution is 5.84. The van der Waals surface area contributed by atoms with Gasteiger partial charge in [-0.1, -0.05) is 36.4 Å². The van der Waals surface area contributed by atoms with Crippen LogP contribution >= 0.6 is 0 Å². The average molecular weight is 879 g/mol. The van der Waals surface area contributed by atoms with Crippen LogP contribution in [0.15, 0.2) is 42.6 Å². The lowest BCUT2D eigenvalue weighted by Gasteiger charge is -2.45. The van der Waals surface area contributed by atoms with E-state index in [2.05, 4.69) is 20.5 Å². The summed E-state index contributed by atoms with van der Waals surface area (Å²) in [4.78, 5) is 70.7. The van der Waals surface area contributed by atoms with Crippen LogP contribution in [-0.2, 0) is 60.5 Å². The van der Waals surface area contributed by atoms with Gasteiger partial charge in [0, 0.05) is 18.7 Å². The average Bonchev–Trinajstić information content (AvgIpc) is 3.60. The number of hydrogen-bond acceptors (Lipinski definition) is 14. The molecule has 3 heterocycles. The third-order valence-electron chi connectivity index (χ3n) is 9.85. The maximum absolute atomic E-state index is 13.7. The summed E-state index contributed by atoms with van der Waals surface area (Å²) in [5, 5.41) is 19.7. The summed E-state index contributed by atoms with van der Waals surface area (Å²) in [6.07, 6.45) is -0.658. The van der Waals surface area contributed by atoms with Gasteiger partial charge in [-0.05, 0) is 126 Å². The normalized spacial score (nSPS) is 20.2. The van der Waals surface area contributed by atoms with Gasteiger partial charge in [0.25, 0.3) is 0 Å². The Morgan fingerprint density at radius 2 is 1.33 bits per heavy atom. The lowest BCUT2D eigenvalue weighted by Crippen LogP contribution is -2.65. The number of hydrogen-bond donors (Lipinski definition) is 3. The third kappa shape index (κ3) is 14.1. The summed E-state index contributed by atoms with van der Waals surface area (Å²) in [7, 11) is 0. The summed E-state index contributed by atoms with van der Waals surface area (Å²) >= 11 is 0. The van der Waals surface area contributed by atoms with Crippen molar-refractivity contribution in [1.29, 1.82) is 0 Å². The van der Waals surface area contributed by atoms with Crippen molar-refractivity contribution >= 4 is 46.9 Å². The van der Waals surface area contributed by atoms with E-state index in [0.717, 1.165) is 16.7 Å². The zero-order chi connectivity index (χ0) is 47.1. The number of H-pyrrole nitrogens is 1. The minimum atomic E-state index is -1.54. The number of nitrogens with zero attached hydrogens (tertiary/aromatic N) is 2. The quantitative estimate of drug-likeness (QED) is 0.114. The van der Waals surface area contributed by atoms with Crippen molar-refractivity contribution in [2.24, 2.45) is 21.7 Å². The number of carbonyl (C=O) groups excluding carboxylic acids is 5. The highest BCUT2D eigenvalue weighted by Gasteiger charge is 2.56. The van der Waals surface area contributed by atoms with Crippen LogP contribution in [0, 0.1) is 21.7 Å². The first-order valence-electron chi connectivity index (χ1n) is 21.3. The number of pyridine rings is 1. The van der Waals surface area contributed by atoms with Crippen LogP contribution in [0.1, 0.15) is 113 Å². The first-order chi connectivity index (χ1) is 29.2. The van der Waals surface area contributed by atoms with Crippen molar-refractivity contribution in [2.45, 2.75) is 146 Å². The molecule has 0 radical (unpaired) electrons. The molecular formula is C47H66N4O12. The maximum Gasteiger partial charge on any atom is 0.311 e. The molecule has 1 aliphatic rings. The summed E-state index contributed by atoms with van der Waals surface area (Å²) in [6.45, 7) is 21.1. The fourth-order valence-electron chi connectivity index (χ4n) is 5.93. The molecule has 4 rings (SSSR count). The number of aliphatic hydroxyl groups excluding tert-OH is 1. The predicted octanol–water partition coefficient (Wildman–Crippen LogP) is 6.21. The molecule has 0 bridgehead atoms. The molecule has 16 heteroatoms. The van der Waals surface area contributed by atoms with Gasteiger partial charge < -0.3 is 38.8 Å². The number of benzene rings is 1. The molecule has 0 saturated carbocycles. The van der Waals surface area contributed by atoms with Crippen molar-refractivity contribution in [3.63, 3.8) is 0 Å². The number of ether oxygens (including phenoxy) is 6. The van der Waals surface area contributed by atoms with E-state index in [1.165, 1.54) is 0 Å². The molecule has 0 spiro atoms. The zero-order valence-corrected chi connectivity index (χ0v) is 39.0. The molecule has 1 aromatic carbocycles. The Hall–Kier alpha value is -5.35. The minimum absolute atomic E-state index is 0.0456. The zero-order valence-electron chi connectivity index (χ0n) is 39.0. The summed E-state index contributed by atoms with van der Waals surface area (Å²) in [5.74, 6) is -2.75. The number of aromatic nitrogens is 3. The Labute approximate surface area is 370 Å². The first-order valence-corrected chi connectivity index (χ1v) is 21.3. The molecule has 1 aliphatic heterocycles. The van der Waals surface area contributed by atoms with Crippen molar-refractivity contribution in [1.82, 2.24) is 20.5 Å². The van der Waals surface area contributed by atoms with E-state index in [9.17, 15) is 24.0 Å². The topological polar surface area (TPSA) is 215 Å². The van der Waals surface area contributed by atoms with Gasteiger partial charge in [-0.15, -0.1) is 5.10 Å². The molecule has 1 amide bonds. The monoisotopic (exact) mass is 878 g/mol. The number of fused-ring (bicyclic) bond motifs is 1. The van der Waals surface area contributed by atoms with Crippen molar-refractivity contribution in [3.8, 4) is 5.88 Å². The maximum atomic E-state index is 13.7. The van der Waals surface area contributed by atoms with E-state index in [0.29, 0.717) is 23.9 Å². The van der Waals surface area contributed by atoms with E-state index in [-0.39, 0.29) is 30.9 Å². The largest absolute Gasteiger partial charge is 0.462 e. The van der Waals surface area contributed by atoms with Crippen molar-refractivity contribution < 1.29 is 57.5 Å². The molecule has 3 aromatic rings. The van der Waals surface area contributed by atoms with E-state index < -0.39 is 82.8 Å². The Balaban J connectivity index is 1.72. The van der Waals surface area contributed by atoms with Crippen LogP contribution in [0.25, 0.3) is 17.1 Å². The van der Waals surface area contributed by atoms with Crippen LogP contribution in [0.3, 0.4) is 0 Å². The number of aryl methyl sites for hydroxylation is 2. The summed E-state index contributed by atoms with van der Waals surface area (Å²) < 4.78 is 37.1. The van der Waals surface area contributed by atoms with Gasteiger partial charge in [-0.3, -0.25) is 29.1 Å². The highest BCUT2D eigenvalue weighted by Crippen LogP contribution is 2.36. The van der Waals surface area contributed by atoms with E-state index in [4.69, 9.17) is 33.5 Å². The summed E-state index contributed by atoms with van der Waals surface area (Å²) in [6, 6.07) is 9.44. The first kappa shape index (κ1) is 50.3. The van der Waals surface area contributed by atoms with Crippen molar-refractivity contribution in [3.05, 3.63) is 59.3 Å². The van der Waals surface area contributed by atoms with Crippen LogP contribution in [0.4, 0.5) is 0 Å². The van der Waals surface area contributed by atoms with Gasteiger partial charge in [0.1, 0.15) is 12.7 Å². The molecule has 346 valence electrons. The number of nitrogens with one attached hydrogen (secondary N) is 2. The fourth-order valence-corrected chi connectivity index (χ4v) is 5.93. The lowest BCUT2D eigenvalue weighted by atomic mass is 9.93. The third-order valence-corrected chi connectivity index (χ3v) is 9.85. The number of esters is 4. The number of aliphatic hydroxyl groups is 1. The molecule has 6 atom stereocenters. The molecule has 2 aromatic heterocycles. The Morgan fingerprint density at radius 3 is 1.89 bits per heavy atom. The smallest absolute Gasteiger partial charge is 0.311 e. The minimum Gasteiger partial charge on any atom is -0.462 e. The van der Waals surface area contributed by atoms with Gasteiger partial charge >= 0.3 is 23.9 Å². The summed E-state index contributed by atoms with van der Waals surface area (Å²) in [5.41, 5.74) is -0.835. The second-order valence-corrected chi connectivity index (χ2v) is 20.1. The number of carbonyl (C=O) groups is 5. The molecule has 1 fully saturated rings. The second-order valence-electron chi connectivity index (χ2n) is 20.1. The molecule has 0 unspecified atom stereocenters. The molecule has 3 N–H and O–H groups in total. The molecule has 16 nitrogen and oxygen atoms in total. The van der Waals surface area contributed by atoms with Crippen LogP contribution in [0.2, 0.25) is 0 Å². The highest BCUT2D eigenvalue weighted by atomic mass is 16.7. The van der Waals surface area contributed by atoms with Crippen LogP contribution < -0.4 is 10.1 Å². The Bertz CT molecular complexity index is 2100. The molecular weight excluding hydrogens is 813 g/mol. The molecule has 0 aliphatic carbocycles. The number of rotatable bonds is 15. The molecule has 1 saturated heterocycles. The van der Waals surface area contributed by atoms with E-state index >= 15 is 0 Å².